The molecule has 0 radical (unpaired) electrons. The number of morpholine rings is 1. The lowest BCUT2D eigenvalue weighted by molar-refractivity contribution is -0.154. The lowest BCUT2D eigenvalue weighted by Crippen LogP contribution is -2.45. The Morgan fingerprint density at radius 2 is 2.13 bits per heavy atom. The third-order valence-electron chi connectivity index (χ3n) is 2.67. The van der Waals surface area contributed by atoms with Crippen molar-refractivity contribution in [3.8, 4) is 0 Å². The van der Waals surface area contributed by atoms with Gasteiger partial charge in [0.2, 0.25) is 0 Å². The summed E-state index contributed by atoms with van der Waals surface area (Å²) in [7, 11) is 0. The van der Waals surface area contributed by atoms with E-state index in [1.165, 1.54) is 5.56 Å². The molecular weight excluding hydrogens is 190 g/mol. The second-order valence-corrected chi connectivity index (χ2v) is 3.92. The molecule has 0 spiro atoms. The molecule has 1 aromatic carbocycles. The SMILES string of the molecule is CC1COC(=O)CN1Cc1ccccc1. The lowest BCUT2D eigenvalue weighted by Gasteiger charge is -2.32. The Morgan fingerprint density at radius 1 is 1.40 bits per heavy atom. The van der Waals surface area contributed by atoms with Gasteiger partial charge in [-0.25, -0.2) is 0 Å². The predicted octanol–water partition coefficient (Wildman–Crippen LogP) is 1.43. The number of rotatable bonds is 2. The summed E-state index contributed by atoms with van der Waals surface area (Å²) in [4.78, 5) is 13.3. The Balaban J connectivity index is 2.01. The standard InChI is InChI=1S/C12H15NO2/c1-10-9-15-12(14)8-13(10)7-11-5-3-2-4-6-11/h2-6,10H,7-9H2,1H3. The highest BCUT2D eigenvalue weighted by Gasteiger charge is 2.24. The van der Waals surface area contributed by atoms with E-state index in [0.717, 1.165) is 6.54 Å². The van der Waals surface area contributed by atoms with Crippen molar-refractivity contribution in [2.24, 2.45) is 0 Å². The van der Waals surface area contributed by atoms with Crippen LogP contribution in [0.5, 0.6) is 0 Å². The summed E-state index contributed by atoms with van der Waals surface area (Å²) in [5.41, 5.74) is 1.24. The minimum Gasteiger partial charge on any atom is -0.463 e. The van der Waals surface area contributed by atoms with Crippen LogP contribution in [0.15, 0.2) is 30.3 Å². The molecule has 80 valence electrons. The molecule has 0 amide bonds. The maximum Gasteiger partial charge on any atom is 0.320 e. The molecule has 1 heterocycles. The van der Waals surface area contributed by atoms with E-state index in [9.17, 15) is 4.79 Å². The summed E-state index contributed by atoms with van der Waals surface area (Å²) >= 11 is 0. The van der Waals surface area contributed by atoms with Gasteiger partial charge in [0, 0.05) is 12.6 Å². The molecule has 1 unspecified atom stereocenters. The van der Waals surface area contributed by atoms with E-state index < -0.39 is 0 Å². The van der Waals surface area contributed by atoms with Gasteiger partial charge in [-0.3, -0.25) is 9.69 Å². The van der Waals surface area contributed by atoms with Crippen LogP contribution >= 0.6 is 0 Å². The summed E-state index contributed by atoms with van der Waals surface area (Å²) < 4.78 is 4.98. The number of hydrogen-bond donors (Lipinski definition) is 0. The van der Waals surface area contributed by atoms with Crippen molar-refractivity contribution in [2.75, 3.05) is 13.2 Å². The number of cyclic esters (lactones) is 1. The summed E-state index contributed by atoms with van der Waals surface area (Å²) in [5.74, 6) is -0.121. The van der Waals surface area contributed by atoms with Gasteiger partial charge in [-0.2, -0.15) is 0 Å². The van der Waals surface area contributed by atoms with Crippen LogP contribution < -0.4 is 0 Å². The lowest BCUT2D eigenvalue weighted by atomic mass is 10.1. The first-order valence-electron chi connectivity index (χ1n) is 5.19. The molecule has 15 heavy (non-hydrogen) atoms. The van der Waals surface area contributed by atoms with Crippen molar-refractivity contribution < 1.29 is 9.53 Å². The van der Waals surface area contributed by atoms with Crippen LogP contribution in [0.3, 0.4) is 0 Å². The number of carbonyl (C=O) groups excluding carboxylic acids is 1. The van der Waals surface area contributed by atoms with Gasteiger partial charge in [-0.05, 0) is 12.5 Å². The van der Waals surface area contributed by atoms with Crippen LogP contribution in [0.1, 0.15) is 12.5 Å². The Kier molecular flexibility index (Phi) is 3.02. The molecule has 3 heteroatoms. The number of nitrogens with zero attached hydrogens (tertiary/aromatic N) is 1. The monoisotopic (exact) mass is 205 g/mol. The van der Waals surface area contributed by atoms with Gasteiger partial charge in [0.1, 0.15) is 6.61 Å². The smallest absolute Gasteiger partial charge is 0.320 e. The molecule has 1 aromatic rings. The first-order chi connectivity index (χ1) is 7.25. The van der Waals surface area contributed by atoms with Gasteiger partial charge >= 0.3 is 5.97 Å². The van der Waals surface area contributed by atoms with E-state index >= 15 is 0 Å². The Hall–Kier alpha value is -1.35. The highest BCUT2D eigenvalue weighted by atomic mass is 16.5. The fourth-order valence-electron chi connectivity index (χ4n) is 1.72. The molecule has 1 aliphatic rings. The molecule has 0 aromatic heterocycles. The molecule has 1 fully saturated rings. The summed E-state index contributed by atoms with van der Waals surface area (Å²) in [6.45, 7) is 3.80. The van der Waals surface area contributed by atoms with E-state index in [4.69, 9.17) is 4.74 Å². The minimum atomic E-state index is -0.121. The van der Waals surface area contributed by atoms with Crippen molar-refractivity contribution >= 4 is 5.97 Å². The highest BCUT2D eigenvalue weighted by Crippen LogP contribution is 2.12. The topological polar surface area (TPSA) is 29.5 Å². The number of carbonyl (C=O) groups is 1. The van der Waals surface area contributed by atoms with Gasteiger partial charge in [0.25, 0.3) is 0 Å². The zero-order valence-corrected chi connectivity index (χ0v) is 8.85. The van der Waals surface area contributed by atoms with Crippen LogP contribution in [0.25, 0.3) is 0 Å². The Labute approximate surface area is 89.7 Å². The van der Waals surface area contributed by atoms with Crippen LogP contribution in [0.4, 0.5) is 0 Å². The second kappa shape index (κ2) is 4.45. The first-order valence-corrected chi connectivity index (χ1v) is 5.19. The van der Waals surface area contributed by atoms with Crippen LogP contribution in [0.2, 0.25) is 0 Å². The van der Waals surface area contributed by atoms with Gasteiger partial charge in [-0.15, -0.1) is 0 Å². The molecule has 1 atom stereocenters. The summed E-state index contributed by atoms with van der Waals surface area (Å²) in [6, 6.07) is 10.5. The second-order valence-electron chi connectivity index (χ2n) is 3.92. The van der Waals surface area contributed by atoms with Crippen molar-refractivity contribution in [1.82, 2.24) is 4.90 Å². The molecule has 2 rings (SSSR count). The molecule has 1 aliphatic heterocycles. The van der Waals surface area contributed by atoms with Gasteiger partial charge in [-0.1, -0.05) is 30.3 Å². The van der Waals surface area contributed by atoms with E-state index in [1.54, 1.807) is 0 Å². The molecule has 0 bridgehead atoms. The van der Waals surface area contributed by atoms with E-state index in [1.807, 2.05) is 18.2 Å². The first kappa shape index (κ1) is 10.2. The van der Waals surface area contributed by atoms with E-state index in [0.29, 0.717) is 19.2 Å². The molecule has 0 saturated carbocycles. The zero-order chi connectivity index (χ0) is 10.7. The van der Waals surface area contributed by atoms with Crippen molar-refractivity contribution in [3.05, 3.63) is 35.9 Å². The summed E-state index contributed by atoms with van der Waals surface area (Å²) in [6.07, 6.45) is 0. The molecule has 1 saturated heterocycles. The Bertz CT molecular complexity index is 337. The fourth-order valence-corrected chi connectivity index (χ4v) is 1.72. The third kappa shape index (κ3) is 2.57. The average Bonchev–Trinajstić information content (AvgIpc) is 2.25. The van der Waals surface area contributed by atoms with Crippen molar-refractivity contribution in [2.45, 2.75) is 19.5 Å². The average molecular weight is 205 g/mol. The van der Waals surface area contributed by atoms with E-state index in [2.05, 4.69) is 24.0 Å². The number of benzene rings is 1. The van der Waals surface area contributed by atoms with Gasteiger partial charge in [0.05, 0.1) is 6.54 Å². The maximum atomic E-state index is 11.1. The van der Waals surface area contributed by atoms with Gasteiger partial charge in [0.15, 0.2) is 0 Å². The minimum absolute atomic E-state index is 0.121. The van der Waals surface area contributed by atoms with Gasteiger partial charge < -0.3 is 4.74 Å². The fraction of sp³-hybridized carbons (Fsp3) is 0.417. The van der Waals surface area contributed by atoms with Crippen LogP contribution in [0, 0.1) is 0 Å². The third-order valence-corrected chi connectivity index (χ3v) is 2.67. The molecule has 0 N–H and O–H groups in total. The molecule has 3 nitrogen and oxygen atoms in total. The zero-order valence-electron chi connectivity index (χ0n) is 8.85. The predicted molar refractivity (Wildman–Crippen MR) is 57.3 cm³/mol. The quantitative estimate of drug-likeness (QED) is 0.684. The maximum absolute atomic E-state index is 11.1. The van der Waals surface area contributed by atoms with E-state index in [-0.39, 0.29) is 5.97 Å². The van der Waals surface area contributed by atoms with Crippen LogP contribution in [-0.4, -0.2) is 30.1 Å². The van der Waals surface area contributed by atoms with Crippen molar-refractivity contribution in [3.63, 3.8) is 0 Å². The molecular formula is C12H15NO2. The number of ether oxygens (including phenoxy) is 1. The molecule has 0 aliphatic carbocycles. The Morgan fingerprint density at radius 3 is 2.87 bits per heavy atom. The highest BCUT2D eigenvalue weighted by molar-refractivity contribution is 5.72. The normalized spacial score (nSPS) is 22.5. The summed E-state index contributed by atoms with van der Waals surface area (Å²) in [5, 5.41) is 0. The largest absolute Gasteiger partial charge is 0.463 e. The number of esters is 1. The van der Waals surface area contributed by atoms with Crippen LogP contribution in [-0.2, 0) is 16.1 Å². The number of hydrogen-bond acceptors (Lipinski definition) is 3. The van der Waals surface area contributed by atoms with Crippen molar-refractivity contribution in [1.29, 1.82) is 0 Å².